The molecule has 1 aromatic carbocycles. The minimum absolute atomic E-state index is 0.0419. The SMILES string of the molecule is COc1cc(C(=O)NCCO)ccc1Nc1ncc2c(n1)N(C1CCCC1)CC(C)(C)C(=O)N2C. The summed E-state index contributed by atoms with van der Waals surface area (Å²) in [5.74, 6) is 1.33. The predicted molar refractivity (Wildman–Crippen MR) is 135 cm³/mol. The first kappa shape index (κ1) is 24.7. The first-order chi connectivity index (χ1) is 16.7. The molecule has 10 heteroatoms. The van der Waals surface area contributed by atoms with E-state index < -0.39 is 5.41 Å². The standard InChI is InChI=1S/C25H34N6O4/c1-25(2)15-31(17-7-5-6-8-17)21-19(30(3)23(25)34)14-27-24(29-21)28-18-10-9-16(13-20(18)35-4)22(33)26-11-12-32/h9-10,13-14,17,32H,5-8,11-12,15H2,1-4H3,(H,26,33)(H,27,28,29). The van der Waals surface area contributed by atoms with Gasteiger partial charge in [0, 0.05) is 31.7 Å². The van der Waals surface area contributed by atoms with Gasteiger partial charge in [0.15, 0.2) is 5.82 Å². The molecule has 0 atom stereocenters. The average Bonchev–Trinajstić information content (AvgIpc) is 3.37. The summed E-state index contributed by atoms with van der Waals surface area (Å²) < 4.78 is 5.50. The number of benzene rings is 1. The van der Waals surface area contributed by atoms with Crippen LogP contribution in [0.2, 0.25) is 0 Å². The van der Waals surface area contributed by atoms with Crippen LogP contribution in [0, 0.1) is 5.41 Å². The Morgan fingerprint density at radius 3 is 2.71 bits per heavy atom. The fourth-order valence-electron chi connectivity index (χ4n) is 4.85. The Morgan fingerprint density at radius 1 is 1.29 bits per heavy atom. The second-order valence-corrected chi connectivity index (χ2v) is 9.74. The first-order valence-corrected chi connectivity index (χ1v) is 12.0. The van der Waals surface area contributed by atoms with Crippen LogP contribution in [0.15, 0.2) is 24.4 Å². The van der Waals surface area contributed by atoms with Crippen molar-refractivity contribution in [1.82, 2.24) is 15.3 Å². The lowest BCUT2D eigenvalue weighted by molar-refractivity contribution is -0.125. The van der Waals surface area contributed by atoms with Crippen molar-refractivity contribution in [3.8, 4) is 5.75 Å². The maximum absolute atomic E-state index is 13.2. The Kier molecular flexibility index (Phi) is 7.11. The molecule has 3 N–H and O–H groups in total. The van der Waals surface area contributed by atoms with E-state index in [2.05, 4.69) is 20.5 Å². The third-order valence-corrected chi connectivity index (χ3v) is 6.71. The molecule has 2 amide bonds. The molecule has 4 rings (SSSR count). The number of aliphatic hydroxyl groups is 1. The zero-order chi connectivity index (χ0) is 25.2. The number of anilines is 4. The third kappa shape index (κ3) is 5.02. The van der Waals surface area contributed by atoms with Gasteiger partial charge in [0.1, 0.15) is 11.4 Å². The van der Waals surface area contributed by atoms with Crippen molar-refractivity contribution in [2.45, 2.75) is 45.6 Å². The summed E-state index contributed by atoms with van der Waals surface area (Å²) in [6, 6.07) is 5.36. The lowest BCUT2D eigenvalue weighted by Crippen LogP contribution is -2.45. The van der Waals surface area contributed by atoms with Crippen LogP contribution in [-0.4, -0.2) is 66.8 Å². The van der Waals surface area contributed by atoms with Gasteiger partial charge in [0.2, 0.25) is 11.9 Å². The summed E-state index contributed by atoms with van der Waals surface area (Å²) in [6.45, 7) is 4.60. The highest BCUT2D eigenvalue weighted by molar-refractivity contribution is 6.01. The number of aliphatic hydroxyl groups excluding tert-OH is 1. The van der Waals surface area contributed by atoms with Gasteiger partial charge in [-0.3, -0.25) is 9.59 Å². The van der Waals surface area contributed by atoms with E-state index in [1.165, 1.54) is 20.0 Å². The Bertz CT molecular complexity index is 1100. The summed E-state index contributed by atoms with van der Waals surface area (Å²) in [5.41, 5.74) is 1.16. The number of ether oxygens (including phenoxy) is 1. The van der Waals surface area contributed by atoms with Crippen molar-refractivity contribution in [3.63, 3.8) is 0 Å². The van der Waals surface area contributed by atoms with Crippen molar-refractivity contribution in [3.05, 3.63) is 30.0 Å². The molecule has 1 fully saturated rings. The number of carbonyl (C=O) groups excluding carboxylic acids is 2. The van der Waals surface area contributed by atoms with Crippen LogP contribution < -0.4 is 25.2 Å². The number of fused-ring (bicyclic) bond motifs is 1. The molecule has 1 saturated carbocycles. The molecule has 35 heavy (non-hydrogen) atoms. The van der Waals surface area contributed by atoms with Crippen molar-refractivity contribution < 1.29 is 19.4 Å². The van der Waals surface area contributed by atoms with Crippen LogP contribution in [0.4, 0.5) is 23.1 Å². The highest BCUT2D eigenvalue weighted by Gasteiger charge is 2.41. The third-order valence-electron chi connectivity index (χ3n) is 6.71. The van der Waals surface area contributed by atoms with Crippen LogP contribution in [0.5, 0.6) is 5.75 Å². The molecule has 2 aliphatic rings. The number of amides is 2. The molecule has 2 heterocycles. The van der Waals surface area contributed by atoms with Gasteiger partial charge in [-0.15, -0.1) is 0 Å². The van der Waals surface area contributed by atoms with E-state index in [4.69, 9.17) is 14.8 Å². The molecule has 0 spiro atoms. The topological polar surface area (TPSA) is 120 Å². The largest absolute Gasteiger partial charge is 0.495 e. The number of methoxy groups -OCH3 is 1. The van der Waals surface area contributed by atoms with Crippen molar-refractivity contribution in [2.24, 2.45) is 5.41 Å². The second kappa shape index (κ2) is 10.1. The molecule has 0 bridgehead atoms. The van der Waals surface area contributed by atoms with Gasteiger partial charge in [0.25, 0.3) is 5.91 Å². The van der Waals surface area contributed by atoms with Gasteiger partial charge in [-0.2, -0.15) is 4.98 Å². The fourth-order valence-corrected chi connectivity index (χ4v) is 4.85. The van der Waals surface area contributed by atoms with E-state index in [-0.39, 0.29) is 25.0 Å². The highest BCUT2D eigenvalue weighted by Crippen LogP contribution is 2.40. The molecule has 1 aliphatic carbocycles. The normalized spacial score (nSPS) is 17.7. The Balaban J connectivity index is 1.67. The van der Waals surface area contributed by atoms with Crippen LogP contribution in [-0.2, 0) is 4.79 Å². The fraction of sp³-hybridized carbons (Fsp3) is 0.520. The summed E-state index contributed by atoms with van der Waals surface area (Å²) in [6.07, 6.45) is 6.19. The van der Waals surface area contributed by atoms with E-state index in [0.717, 1.165) is 18.7 Å². The van der Waals surface area contributed by atoms with E-state index in [9.17, 15) is 9.59 Å². The summed E-state index contributed by atoms with van der Waals surface area (Å²) in [4.78, 5) is 38.7. The minimum Gasteiger partial charge on any atom is -0.495 e. The van der Waals surface area contributed by atoms with Crippen molar-refractivity contribution in [1.29, 1.82) is 0 Å². The van der Waals surface area contributed by atoms with Gasteiger partial charge in [0.05, 0.1) is 31.0 Å². The lowest BCUT2D eigenvalue weighted by Gasteiger charge is -2.34. The van der Waals surface area contributed by atoms with Crippen LogP contribution >= 0.6 is 0 Å². The Morgan fingerprint density at radius 2 is 2.03 bits per heavy atom. The smallest absolute Gasteiger partial charge is 0.251 e. The van der Waals surface area contributed by atoms with Crippen LogP contribution in [0.3, 0.4) is 0 Å². The zero-order valence-corrected chi connectivity index (χ0v) is 20.8. The number of nitrogens with one attached hydrogen (secondary N) is 2. The molecular weight excluding hydrogens is 448 g/mol. The van der Waals surface area contributed by atoms with E-state index in [1.54, 1.807) is 36.3 Å². The predicted octanol–water partition coefficient (Wildman–Crippen LogP) is 2.70. The Hall–Kier alpha value is -3.40. The maximum Gasteiger partial charge on any atom is 0.251 e. The molecule has 10 nitrogen and oxygen atoms in total. The maximum atomic E-state index is 13.2. The second-order valence-electron chi connectivity index (χ2n) is 9.74. The number of carbonyl (C=O) groups is 2. The molecule has 0 unspecified atom stereocenters. The number of hydrogen-bond acceptors (Lipinski definition) is 8. The van der Waals surface area contributed by atoms with E-state index >= 15 is 0 Å². The molecule has 188 valence electrons. The van der Waals surface area contributed by atoms with Crippen LogP contribution in [0.1, 0.15) is 49.9 Å². The number of nitrogens with zero attached hydrogens (tertiary/aromatic N) is 4. The van der Waals surface area contributed by atoms with Gasteiger partial charge in [-0.1, -0.05) is 12.8 Å². The van der Waals surface area contributed by atoms with E-state index in [1.807, 2.05) is 13.8 Å². The van der Waals surface area contributed by atoms with E-state index in [0.29, 0.717) is 41.2 Å². The Labute approximate surface area is 205 Å². The average molecular weight is 483 g/mol. The molecule has 0 saturated heterocycles. The van der Waals surface area contributed by atoms with Crippen LogP contribution in [0.25, 0.3) is 0 Å². The van der Waals surface area contributed by atoms with Gasteiger partial charge >= 0.3 is 0 Å². The monoisotopic (exact) mass is 482 g/mol. The number of rotatable bonds is 7. The quantitative estimate of drug-likeness (QED) is 0.551. The molecule has 1 aromatic heterocycles. The zero-order valence-electron chi connectivity index (χ0n) is 20.8. The highest BCUT2D eigenvalue weighted by atomic mass is 16.5. The summed E-state index contributed by atoms with van der Waals surface area (Å²) >= 11 is 0. The van der Waals surface area contributed by atoms with Crippen molar-refractivity contribution >= 4 is 35.0 Å². The molecule has 0 radical (unpaired) electrons. The molecule has 1 aliphatic heterocycles. The van der Waals surface area contributed by atoms with Gasteiger partial charge in [-0.05, 0) is 44.9 Å². The lowest BCUT2D eigenvalue weighted by atomic mass is 9.91. The minimum atomic E-state index is -0.554. The molecule has 2 aromatic rings. The van der Waals surface area contributed by atoms with Gasteiger partial charge in [-0.25, -0.2) is 4.98 Å². The first-order valence-electron chi connectivity index (χ1n) is 12.0. The summed E-state index contributed by atoms with van der Waals surface area (Å²) in [5, 5.41) is 14.8. The van der Waals surface area contributed by atoms with Crippen molar-refractivity contribution in [2.75, 3.05) is 49.0 Å². The number of aromatic nitrogens is 2. The molecular formula is C25H34N6O4. The van der Waals surface area contributed by atoms with Gasteiger partial charge < -0.3 is 30.3 Å². The number of hydrogen-bond donors (Lipinski definition) is 3. The summed E-state index contributed by atoms with van der Waals surface area (Å²) in [7, 11) is 3.30.